The quantitative estimate of drug-likeness (QED) is 0.827. The van der Waals surface area contributed by atoms with Gasteiger partial charge in [0.05, 0.1) is 6.42 Å². The lowest BCUT2D eigenvalue weighted by Crippen LogP contribution is -2.34. The van der Waals surface area contributed by atoms with Crippen LogP contribution in [0.3, 0.4) is 0 Å². The zero-order valence-corrected chi connectivity index (χ0v) is 10.8. The first-order chi connectivity index (χ1) is 8.40. The smallest absolute Gasteiger partial charge is 0.305 e. The molecule has 0 radical (unpaired) electrons. The molecule has 0 aliphatic rings. The van der Waals surface area contributed by atoms with E-state index < -0.39 is 12.0 Å². The fraction of sp³-hybridized carbons (Fsp3) is 0.385. The number of aliphatic carboxylic acids is 1. The molecular weight excluding hydrogens is 232 g/mol. The number of benzene rings is 1. The normalized spacial score (nSPS) is 11.7. The number of anilines is 1. The Labute approximate surface area is 106 Å². The van der Waals surface area contributed by atoms with Crippen LogP contribution in [0.5, 0.6) is 0 Å². The van der Waals surface area contributed by atoms with E-state index in [9.17, 15) is 9.59 Å². The van der Waals surface area contributed by atoms with Crippen LogP contribution in [-0.4, -0.2) is 37.1 Å². The van der Waals surface area contributed by atoms with Gasteiger partial charge in [-0.25, -0.2) is 0 Å². The van der Waals surface area contributed by atoms with Gasteiger partial charge in [-0.2, -0.15) is 0 Å². The number of carboxylic acid groups (broad SMARTS) is 1. The predicted molar refractivity (Wildman–Crippen MR) is 70.0 cm³/mol. The van der Waals surface area contributed by atoms with Crippen molar-refractivity contribution in [3.05, 3.63) is 29.8 Å². The fourth-order valence-corrected chi connectivity index (χ4v) is 1.55. The summed E-state index contributed by atoms with van der Waals surface area (Å²) in [4.78, 5) is 24.3. The Bertz CT molecular complexity index is 444. The lowest BCUT2D eigenvalue weighted by Gasteiger charge is -2.15. The van der Waals surface area contributed by atoms with Gasteiger partial charge in [-0.05, 0) is 25.1 Å². The van der Waals surface area contributed by atoms with Crippen LogP contribution in [0.4, 0.5) is 5.69 Å². The second-order valence-electron chi connectivity index (χ2n) is 4.42. The van der Waals surface area contributed by atoms with Crippen molar-refractivity contribution < 1.29 is 14.7 Å². The Morgan fingerprint density at radius 1 is 1.39 bits per heavy atom. The number of carbonyl (C=O) groups excluding carboxylic acids is 1. The summed E-state index contributed by atoms with van der Waals surface area (Å²) in [5.41, 5.74) is 1.45. The summed E-state index contributed by atoms with van der Waals surface area (Å²) >= 11 is 0. The van der Waals surface area contributed by atoms with Crippen molar-refractivity contribution in [1.82, 2.24) is 5.32 Å². The van der Waals surface area contributed by atoms with E-state index in [-0.39, 0.29) is 12.3 Å². The van der Waals surface area contributed by atoms with E-state index in [1.54, 1.807) is 25.1 Å². The molecule has 98 valence electrons. The third kappa shape index (κ3) is 4.08. The summed E-state index contributed by atoms with van der Waals surface area (Å²) in [6.45, 7) is 1.67. The summed E-state index contributed by atoms with van der Waals surface area (Å²) in [7, 11) is 3.79. The maximum atomic E-state index is 11.9. The summed E-state index contributed by atoms with van der Waals surface area (Å²) in [6, 6.07) is 6.78. The molecule has 0 aliphatic carbocycles. The van der Waals surface area contributed by atoms with Gasteiger partial charge < -0.3 is 15.3 Å². The topological polar surface area (TPSA) is 69.6 Å². The van der Waals surface area contributed by atoms with Gasteiger partial charge in [-0.1, -0.05) is 6.07 Å². The molecular formula is C13H18N2O3. The molecule has 0 aromatic heterocycles. The number of amides is 1. The molecule has 1 aromatic carbocycles. The first-order valence-electron chi connectivity index (χ1n) is 5.70. The molecule has 0 aliphatic heterocycles. The molecule has 5 nitrogen and oxygen atoms in total. The summed E-state index contributed by atoms with van der Waals surface area (Å²) in [6.07, 6.45) is -0.0842. The highest BCUT2D eigenvalue weighted by atomic mass is 16.4. The predicted octanol–water partition coefficient (Wildman–Crippen LogP) is 1.35. The van der Waals surface area contributed by atoms with Crippen LogP contribution in [0, 0.1) is 0 Å². The van der Waals surface area contributed by atoms with E-state index in [1.807, 2.05) is 25.1 Å². The van der Waals surface area contributed by atoms with E-state index in [4.69, 9.17) is 5.11 Å². The number of nitrogens with zero attached hydrogens (tertiary/aromatic N) is 1. The van der Waals surface area contributed by atoms with Gasteiger partial charge in [0.15, 0.2) is 0 Å². The maximum absolute atomic E-state index is 11.9. The Hall–Kier alpha value is -2.04. The Balaban J connectivity index is 2.72. The van der Waals surface area contributed by atoms with Crippen molar-refractivity contribution >= 4 is 17.6 Å². The van der Waals surface area contributed by atoms with Gasteiger partial charge in [0, 0.05) is 31.4 Å². The van der Waals surface area contributed by atoms with Crippen LogP contribution >= 0.6 is 0 Å². The minimum Gasteiger partial charge on any atom is -0.481 e. The number of carboxylic acids is 1. The molecule has 1 rings (SSSR count). The minimum atomic E-state index is -0.926. The minimum absolute atomic E-state index is 0.0842. The van der Waals surface area contributed by atoms with Gasteiger partial charge in [0.1, 0.15) is 0 Å². The number of hydrogen-bond donors (Lipinski definition) is 2. The molecule has 2 N–H and O–H groups in total. The Morgan fingerprint density at radius 2 is 2.06 bits per heavy atom. The average molecular weight is 250 g/mol. The van der Waals surface area contributed by atoms with E-state index in [0.717, 1.165) is 5.69 Å². The van der Waals surface area contributed by atoms with Crippen molar-refractivity contribution in [2.24, 2.45) is 0 Å². The van der Waals surface area contributed by atoms with Gasteiger partial charge in [0.25, 0.3) is 5.91 Å². The van der Waals surface area contributed by atoms with Crippen LogP contribution < -0.4 is 10.2 Å². The molecule has 1 unspecified atom stereocenters. The number of hydrogen-bond acceptors (Lipinski definition) is 3. The highest BCUT2D eigenvalue weighted by molar-refractivity contribution is 5.95. The number of carbonyl (C=O) groups is 2. The van der Waals surface area contributed by atoms with Gasteiger partial charge in [-0.15, -0.1) is 0 Å². The Kier molecular flexibility index (Phi) is 4.71. The van der Waals surface area contributed by atoms with Crippen LogP contribution in [0.1, 0.15) is 23.7 Å². The molecule has 0 heterocycles. The van der Waals surface area contributed by atoms with Crippen molar-refractivity contribution in [3.8, 4) is 0 Å². The van der Waals surface area contributed by atoms with E-state index in [1.165, 1.54) is 0 Å². The monoisotopic (exact) mass is 250 g/mol. The first kappa shape index (κ1) is 14.0. The lowest BCUT2D eigenvalue weighted by atomic mass is 10.1. The van der Waals surface area contributed by atoms with Crippen molar-refractivity contribution in [3.63, 3.8) is 0 Å². The molecule has 1 aromatic rings. The van der Waals surface area contributed by atoms with Crippen LogP contribution in [-0.2, 0) is 4.79 Å². The molecule has 1 amide bonds. The molecule has 0 saturated heterocycles. The second kappa shape index (κ2) is 6.05. The number of rotatable bonds is 5. The summed E-state index contributed by atoms with van der Waals surface area (Å²) < 4.78 is 0. The highest BCUT2D eigenvalue weighted by Gasteiger charge is 2.12. The third-order valence-electron chi connectivity index (χ3n) is 2.48. The van der Waals surface area contributed by atoms with Crippen molar-refractivity contribution in [2.75, 3.05) is 19.0 Å². The van der Waals surface area contributed by atoms with E-state index >= 15 is 0 Å². The second-order valence-corrected chi connectivity index (χ2v) is 4.42. The largest absolute Gasteiger partial charge is 0.481 e. The van der Waals surface area contributed by atoms with Gasteiger partial charge in [0.2, 0.25) is 0 Å². The van der Waals surface area contributed by atoms with Crippen LogP contribution in [0.2, 0.25) is 0 Å². The zero-order chi connectivity index (χ0) is 13.7. The maximum Gasteiger partial charge on any atom is 0.305 e. The molecule has 0 fully saturated rings. The molecule has 0 saturated carbocycles. The van der Waals surface area contributed by atoms with E-state index in [0.29, 0.717) is 5.56 Å². The SMILES string of the molecule is CC(CC(=O)O)NC(=O)c1cccc(N(C)C)c1. The zero-order valence-electron chi connectivity index (χ0n) is 10.8. The van der Waals surface area contributed by atoms with Crippen molar-refractivity contribution in [2.45, 2.75) is 19.4 Å². The molecule has 5 heteroatoms. The van der Waals surface area contributed by atoms with Crippen molar-refractivity contribution in [1.29, 1.82) is 0 Å². The molecule has 1 atom stereocenters. The highest BCUT2D eigenvalue weighted by Crippen LogP contribution is 2.13. The number of nitrogens with one attached hydrogen (secondary N) is 1. The Morgan fingerprint density at radius 3 is 2.61 bits per heavy atom. The summed E-state index contributed by atoms with van der Waals surface area (Å²) in [5, 5.41) is 11.3. The van der Waals surface area contributed by atoms with Crippen LogP contribution in [0.25, 0.3) is 0 Å². The lowest BCUT2D eigenvalue weighted by molar-refractivity contribution is -0.137. The molecule has 18 heavy (non-hydrogen) atoms. The van der Waals surface area contributed by atoms with Gasteiger partial charge >= 0.3 is 5.97 Å². The fourth-order valence-electron chi connectivity index (χ4n) is 1.55. The van der Waals surface area contributed by atoms with Gasteiger partial charge in [-0.3, -0.25) is 9.59 Å². The standard InChI is InChI=1S/C13H18N2O3/c1-9(7-12(16)17)14-13(18)10-5-4-6-11(8-10)15(2)3/h4-6,8-9H,7H2,1-3H3,(H,14,18)(H,16,17). The molecule has 0 spiro atoms. The average Bonchev–Trinajstić information content (AvgIpc) is 2.27. The van der Waals surface area contributed by atoms with Crippen LogP contribution in [0.15, 0.2) is 24.3 Å². The third-order valence-corrected chi connectivity index (χ3v) is 2.48. The first-order valence-corrected chi connectivity index (χ1v) is 5.70. The van der Waals surface area contributed by atoms with E-state index in [2.05, 4.69) is 5.32 Å². The summed E-state index contributed by atoms with van der Waals surface area (Å²) in [5.74, 6) is -1.18. The molecule has 0 bridgehead atoms.